The van der Waals surface area contributed by atoms with Crippen LogP contribution >= 0.6 is 0 Å². The molecule has 94 valence electrons. The number of aryl methyl sites for hydroxylation is 1. The van der Waals surface area contributed by atoms with Crippen molar-refractivity contribution in [2.45, 2.75) is 31.2 Å². The summed E-state index contributed by atoms with van der Waals surface area (Å²) in [6.45, 7) is 2.40. The van der Waals surface area contributed by atoms with Crippen molar-refractivity contribution in [3.63, 3.8) is 0 Å². The molecule has 0 unspecified atom stereocenters. The first-order chi connectivity index (χ1) is 8.24. The zero-order chi connectivity index (χ0) is 12.1. The Hall–Kier alpha value is -0.930. The SMILES string of the molecule is CNC1(CCc2cccnc2)CCN(C)CC1. The number of nitrogens with one attached hydrogen (secondary N) is 1. The lowest BCUT2D eigenvalue weighted by Gasteiger charge is -2.40. The number of rotatable bonds is 4. The van der Waals surface area contributed by atoms with Gasteiger partial charge in [0.1, 0.15) is 0 Å². The van der Waals surface area contributed by atoms with E-state index in [1.54, 1.807) is 0 Å². The van der Waals surface area contributed by atoms with Crippen LogP contribution in [0.25, 0.3) is 0 Å². The Kier molecular flexibility index (Phi) is 4.13. The maximum atomic E-state index is 4.18. The normalized spacial score (nSPS) is 20.4. The average Bonchev–Trinajstić information content (AvgIpc) is 2.40. The standard InChI is InChI=1S/C14H23N3/c1-15-14(7-10-17(2)11-8-14)6-5-13-4-3-9-16-12-13/h3-4,9,12,15H,5-8,10-11H2,1-2H3. The number of nitrogens with zero attached hydrogens (tertiary/aromatic N) is 2. The lowest BCUT2D eigenvalue weighted by atomic mass is 9.82. The van der Waals surface area contributed by atoms with Crippen LogP contribution in [-0.4, -0.2) is 42.6 Å². The second-order valence-electron chi connectivity index (χ2n) is 5.19. The van der Waals surface area contributed by atoms with E-state index in [1.807, 2.05) is 18.5 Å². The van der Waals surface area contributed by atoms with Gasteiger partial charge < -0.3 is 10.2 Å². The third kappa shape index (κ3) is 3.27. The van der Waals surface area contributed by atoms with Gasteiger partial charge in [0, 0.05) is 17.9 Å². The van der Waals surface area contributed by atoms with Crippen LogP contribution in [0.2, 0.25) is 0 Å². The average molecular weight is 233 g/mol. The first kappa shape index (κ1) is 12.5. The smallest absolute Gasteiger partial charge is 0.0299 e. The molecule has 0 spiro atoms. The number of aromatic nitrogens is 1. The number of pyridine rings is 1. The Labute approximate surface area is 104 Å². The highest BCUT2D eigenvalue weighted by Crippen LogP contribution is 2.26. The monoisotopic (exact) mass is 233 g/mol. The van der Waals surface area contributed by atoms with E-state index < -0.39 is 0 Å². The summed E-state index contributed by atoms with van der Waals surface area (Å²) in [6.07, 6.45) is 8.66. The highest BCUT2D eigenvalue weighted by atomic mass is 15.1. The summed E-state index contributed by atoms with van der Waals surface area (Å²) in [5.74, 6) is 0. The first-order valence-corrected chi connectivity index (χ1v) is 6.50. The van der Waals surface area contributed by atoms with Gasteiger partial charge in [-0.3, -0.25) is 4.98 Å². The molecule has 1 aliphatic rings. The fraction of sp³-hybridized carbons (Fsp3) is 0.643. The van der Waals surface area contributed by atoms with Crippen molar-refractivity contribution in [3.8, 4) is 0 Å². The summed E-state index contributed by atoms with van der Waals surface area (Å²) >= 11 is 0. The van der Waals surface area contributed by atoms with Gasteiger partial charge in [0.05, 0.1) is 0 Å². The zero-order valence-electron chi connectivity index (χ0n) is 10.9. The van der Waals surface area contributed by atoms with Gasteiger partial charge in [-0.2, -0.15) is 0 Å². The van der Waals surface area contributed by atoms with E-state index in [2.05, 4.69) is 35.4 Å². The molecule has 2 heterocycles. The van der Waals surface area contributed by atoms with Crippen molar-refractivity contribution in [1.82, 2.24) is 15.2 Å². The molecule has 17 heavy (non-hydrogen) atoms. The van der Waals surface area contributed by atoms with Gasteiger partial charge in [-0.15, -0.1) is 0 Å². The lowest BCUT2D eigenvalue weighted by Crippen LogP contribution is -2.51. The molecule has 1 aromatic rings. The minimum atomic E-state index is 0.336. The minimum Gasteiger partial charge on any atom is -0.314 e. The van der Waals surface area contributed by atoms with Gasteiger partial charge in [-0.1, -0.05) is 6.07 Å². The van der Waals surface area contributed by atoms with Crippen molar-refractivity contribution < 1.29 is 0 Å². The summed E-state index contributed by atoms with van der Waals surface area (Å²) < 4.78 is 0. The molecule has 0 radical (unpaired) electrons. The summed E-state index contributed by atoms with van der Waals surface area (Å²) in [6, 6.07) is 4.20. The summed E-state index contributed by atoms with van der Waals surface area (Å²) in [5, 5.41) is 3.56. The van der Waals surface area contributed by atoms with Crippen molar-refractivity contribution in [3.05, 3.63) is 30.1 Å². The van der Waals surface area contributed by atoms with E-state index in [-0.39, 0.29) is 0 Å². The molecule has 1 aliphatic heterocycles. The molecular weight excluding hydrogens is 210 g/mol. The first-order valence-electron chi connectivity index (χ1n) is 6.50. The second-order valence-corrected chi connectivity index (χ2v) is 5.19. The third-order valence-electron chi connectivity index (χ3n) is 4.09. The van der Waals surface area contributed by atoms with Gasteiger partial charge in [0.15, 0.2) is 0 Å². The van der Waals surface area contributed by atoms with Crippen LogP contribution in [0, 0.1) is 0 Å². The lowest BCUT2D eigenvalue weighted by molar-refractivity contribution is 0.156. The van der Waals surface area contributed by atoms with Crippen molar-refractivity contribution in [2.75, 3.05) is 27.2 Å². The number of hydrogen-bond acceptors (Lipinski definition) is 3. The zero-order valence-corrected chi connectivity index (χ0v) is 10.9. The molecule has 1 aromatic heterocycles. The Balaban J connectivity index is 1.91. The maximum Gasteiger partial charge on any atom is 0.0299 e. The summed E-state index contributed by atoms with van der Waals surface area (Å²) in [7, 11) is 4.31. The van der Waals surface area contributed by atoms with Crippen molar-refractivity contribution in [1.29, 1.82) is 0 Å². The van der Waals surface area contributed by atoms with Crippen LogP contribution in [0.5, 0.6) is 0 Å². The highest BCUT2D eigenvalue weighted by molar-refractivity contribution is 5.10. The molecule has 3 heteroatoms. The Morgan fingerprint density at radius 2 is 2.18 bits per heavy atom. The minimum absolute atomic E-state index is 0.336. The molecule has 0 aromatic carbocycles. The Bertz CT molecular complexity index is 329. The van der Waals surface area contributed by atoms with Gasteiger partial charge in [0.25, 0.3) is 0 Å². The topological polar surface area (TPSA) is 28.2 Å². The quantitative estimate of drug-likeness (QED) is 0.858. The van der Waals surface area contributed by atoms with Crippen LogP contribution in [0.1, 0.15) is 24.8 Å². The second kappa shape index (κ2) is 5.61. The Morgan fingerprint density at radius 3 is 2.76 bits per heavy atom. The van der Waals surface area contributed by atoms with Crippen LogP contribution < -0.4 is 5.32 Å². The molecular formula is C14H23N3. The molecule has 1 N–H and O–H groups in total. The molecule has 0 amide bonds. The number of piperidine rings is 1. The maximum absolute atomic E-state index is 4.18. The molecule has 0 bridgehead atoms. The molecule has 0 saturated carbocycles. The van der Waals surface area contributed by atoms with E-state index in [9.17, 15) is 0 Å². The van der Waals surface area contributed by atoms with Crippen molar-refractivity contribution in [2.24, 2.45) is 0 Å². The van der Waals surface area contributed by atoms with Crippen LogP contribution in [-0.2, 0) is 6.42 Å². The fourth-order valence-corrected chi connectivity index (χ4v) is 2.60. The van der Waals surface area contributed by atoms with E-state index >= 15 is 0 Å². The largest absolute Gasteiger partial charge is 0.314 e. The number of likely N-dealkylation sites (tertiary alicyclic amines) is 1. The van der Waals surface area contributed by atoms with E-state index in [0.29, 0.717) is 5.54 Å². The fourth-order valence-electron chi connectivity index (χ4n) is 2.60. The van der Waals surface area contributed by atoms with Crippen LogP contribution in [0.4, 0.5) is 0 Å². The van der Waals surface area contributed by atoms with E-state index in [0.717, 1.165) is 6.42 Å². The third-order valence-corrected chi connectivity index (χ3v) is 4.09. The van der Waals surface area contributed by atoms with Crippen LogP contribution in [0.15, 0.2) is 24.5 Å². The molecule has 2 rings (SSSR count). The summed E-state index contributed by atoms with van der Waals surface area (Å²) in [5.41, 5.74) is 1.68. The van der Waals surface area contributed by atoms with Gasteiger partial charge >= 0.3 is 0 Å². The van der Waals surface area contributed by atoms with Gasteiger partial charge in [0.2, 0.25) is 0 Å². The van der Waals surface area contributed by atoms with Crippen LogP contribution in [0.3, 0.4) is 0 Å². The van der Waals surface area contributed by atoms with Gasteiger partial charge in [-0.05, 0) is 64.5 Å². The molecule has 0 aliphatic carbocycles. The van der Waals surface area contributed by atoms with E-state index in [4.69, 9.17) is 0 Å². The van der Waals surface area contributed by atoms with Gasteiger partial charge in [-0.25, -0.2) is 0 Å². The molecule has 1 fully saturated rings. The Morgan fingerprint density at radius 1 is 1.41 bits per heavy atom. The molecule has 1 saturated heterocycles. The predicted molar refractivity (Wildman–Crippen MR) is 71.1 cm³/mol. The molecule has 3 nitrogen and oxygen atoms in total. The van der Waals surface area contributed by atoms with Crippen molar-refractivity contribution >= 4 is 0 Å². The summed E-state index contributed by atoms with van der Waals surface area (Å²) in [4.78, 5) is 6.60. The predicted octanol–water partition coefficient (Wildman–Crippen LogP) is 1.70. The molecule has 0 atom stereocenters. The number of hydrogen-bond donors (Lipinski definition) is 1. The highest BCUT2D eigenvalue weighted by Gasteiger charge is 2.31. The van der Waals surface area contributed by atoms with E-state index in [1.165, 1.54) is 37.9 Å².